The summed E-state index contributed by atoms with van der Waals surface area (Å²) in [5, 5.41) is 6.72. The standard InChI is InChI=1S/C29H24F5N5O/c1-16-15-35-26-21(12-17(30)13-23(26)31)25(16)37-28-20-14-18(39-8-10-40-11-9-39)6-7-24(20)36-27(38-28)19-4-2-3-5-22(19)29(32,33)34/h2-7,12-14,35H,8-11,15H2,1H3,(H,36,37,38). The first-order valence-corrected chi connectivity index (χ1v) is 12.7. The summed E-state index contributed by atoms with van der Waals surface area (Å²) in [7, 11) is 0. The fourth-order valence-corrected chi connectivity index (χ4v) is 5.06. The van der Waals surface area contributed by atoms with Gasteiger partial charge in [-0.2, -0.15) is 13.2 Å². The van der Waals surface area contributed by atoms with Gasteiger partial charge >= 0.3 is 6.18 Å². The van der Waals surface area contributed by atoms with E-state index in [-0.39, 0.29) is 35.0 Å². The van der Waals surface area contributed by atoms with Gasteiger partial charge in [0.1, 0.15) is 17.5 Å². The van der Waals surface area contributed by atoms with Crippen LogP contribution in [-0.2, 0) is 10.9 Å². The van der Waals surface area contributed by atoms with Crippen molar-refractivity contribution in [2.45, 2.75) is 13.1 Å². The number of nitrogens with one attached hydrogen (secondary N) is 2. The Hall–Kier alpha value is -4.25. The van der Waals surface area contributed by atoms with Crippen molar-refractivity contribution in [2.24, 2.45) is 0 Å². The molecule has 1 aromatic heterocycles. The van der Waals surface area contributed by atoms with Crippen LogP contribution in [0.4, 0.5) is 39.1 Å². The lowest BCUT2D eigenvalue weighted by molar-refractivity contribution is -0.137. The Balaban J connectivity index is 1.54. The van der Waals surface area contributed by atoms with Crippen LogP contribution in [0.3, 0.4) is 0 Å². The number of aromatic nitrogens is 2. The number of ether oxygens (including phenoxy) is 1. The maximum absolute atomic E-state index is 14.6. The zero-order chi connectivity index (χ0) is 28.0. The van der Waals surface area contributed by atoms with Crippen LogP contribution in [0.5, 0.6) is 0 Å². The zero-order valence-electron chi connectivity index (χ0n) is 21.4. The van der Waals surface area contributed by atoms with Crippen molar-refractivity contribution >= 4 is 33.8 Å². The third-order valence-corrected chi connectivity index (χ3v) is 7.05. The number of hydrogen-bond donors (Lipinski definition) is 2. The molecule has 0 radical (unpaired) electrons. The SMILES string of the molecule is CC1=C(Nc2nc(-c3ccccc3C(F)(F)F)nc3ccc(N4CCOCC4)cc23)c2cc(F)cc(F)c2NC1. The largest absolute Gasteiger partial charge is 0.417 e. The smallest absolute Gasteiger partial charge is 0.378 e. The van der Waals surface area contributed by atoms with E-state index >= 15 is 0 Å². The Morgan fingerprint density at radius 2 is 1.73 bits per heavy atom. The average Bonchev–Trinajstić information content (AvgIpc) is 2.94. The molecule has 0 unspecified atom stereocenters. The molecule has 2 aliphatic heterocycles. The molecule has 6 nitrogen and oxygen atoms in total. The van der Waals surface area contributed by atoms with Crippen molar-refractivity contribution in [3.05, 3.63) is 82.9 Å². The highest BCUT2D eigenvalue weighted by Gasteiger charge is 2.34. The maximum atomic E-state index is 14.6. The number of morpholine rings is 1. The number of benzene rings is 3. The number of rotatable bonds is 4. The predicted molar refractivity (Wildman–Crippen MR) is 144 cm³/mol. The Bertz CT molecular complexity index is 1650. The van der Waals surface area contributed by atoms with Gasteiger partial charge in [0, 0.05) is 53.6 Å². The van der Waals surface area contributed by atoms with Gasteiger partial charge in [0.15, 0.2) is 5.82 Å². The number of halogens is 5. The molecule has 2 N–H and O–H groups in total. The molecule has 1 fully saturated rings. The molecular weight excluding hydrogens is 529 g/mol. The quantitative estimate of drug-likeness (QED) is 0.275. The third kappa shape index (κ3) is 4.81. The van der Waals surface area contributed by atoms with Crippen LogP contribution in [0.15, 0.2) is 60.2 Å². The summed E-state index contributed by atoms with van der Waals surface area (Å²) in [5.41, 5.74) is 1.80. The minimum absolute atomic E-state index is 0.125. The summed E-state index contributed by atoms with van der Waals surface area (Å²) in [5.74, 6) is -1.41. The summed E-state index contributed by atoms with van der Waals surface area (Å²) in [4.78, 5) is 11.2. The second kappa shape index (κ2) is 10.1. The molecule has 0 atom stereocenters. The van der Waals surface area contributed by atoms with Crippen molar-refractivity contribution in [1.82, 2.24) is 9.97 Å². The first kappa shape index (κ1) is 26.0. The van der Waals surface area contributed by atoms with Crippen molar-refractivity contribution in [3.63, 3.8) is 0 Å². The van der Waals surface area contributed by atoms with Crippen molar-refractivity contribution in [1.29, 1.82) is 0 Å². The van der Waals surface area contributed by atoms with E-state index < -0.39 is 23.4 Å². The lowest BCUT2D eigenvalue weighted by Crippen LogP contribution is -2.36. The van der Waals surface area contributed by atoms with Crippen molar-refractivity contribution in [2.75, 3.05) is 48.4 Å². The van der Waals surface area contributed by atoms with E-state index in [4.69, 9.17) is 4.74 Å². The van der Waals surface area contributed by atoms with Crippen LogP contribution in [-0.4, -0.2) is 42.8 Å². The summed E-state index contributed by atoms with van der Waals surface area (Å²) >= 11 is 0. The van der Waals surface area contributed by atoms with Crippen LogP contribution in [0, 0.1) is 11.6 Å². The highest BCUT2D eigenvalue weighted by molar-refractivity contribution is 5.98. The van der Waals surface area contributed by atoms with Gasteiger partial charge in [0.25, 0.3) is 0 Å². The van der Waals surface area contributed by atoms with Crippen LogP contribution in [0.25, 0.3) is 28.0 Å². The van der Waals surface area contributed by atoms with Crippen molar-refractivity contribution in [3.8, 4) is 11.4 Å². The summed E-state index contributed by atoms with van der Waals surface area (Å²) in [6.45, 7) is 4.56. The van der Waals surface area contributed by atoms with Gasteiger partial charge in [-0.3, -0.25) is 0 Å². The molecule has 206 valence electrons. The normalized spacial score (nSPS) is 15.7. The Kier molecular flexibility index (Phi) is 6.53. The molecule has 0 saturated carbocycles. The maximum Gasteiger partial charge on any atom is 0.417 e. The topological polar surface area (TPSA) is 62.3 Å². The predicted octanol–water partition coefficient (Wildman–Crippen LogP) is 6.70. The van der Waals surface area contributed by atoms with Gasteiger partial charge in [-0.05, 0) is 42.8 Å². The fourth-order valence-electron chi connectivity index (χ4n) is 5.06. The van der Waals surface area contributed by atoms with E-state index in [1.54, 1.807) is 13.0 Å². The number of hydrogen-bond acceptors (Lipinski definition) is 6. The molecule has 3 heterocycles. The lowest BCUT2D eigenvalue weighted by Gasteiger charge is -2.29. The van der Waals surface area contributed by atoms with E-state index in [1.807, 2.05) is 12.1 Å². The molecule has 4 aromatic rings. The number of anilines is 3. The Morgan fingerprint density at radius 3 is 2.50 bits per heavy atom. The first-order chi connectivity index (χ1) is 19.2. The Morgan fingerprint density at radius 1 is 0.950 bits per heavy atom. The molecule has 0 spiro atoms. The molecule has 0 bridgehead atoms. The lowest BCUT2D eigenvalue weighted by atomic mass is 10.00. The molecule has 1 saturated heterocycles. The van der Waals surface area contributed by atoms with Crippen LogP contribution >= 0.6 is 0 Å². The van der Waals surface area contributed by atoms with E-state index in [9.17, 15) is 22.0 Å². The van der Waals surface area contributed by atoms with Gasteiger partial charge in [-0.1, -0.05) is 18.2 Å². The molecule has 6 rings (SSSR count). The van der Waals surface area contributed by atoms with Crippen LogP contribution in [0.2, 0.25) is 0 Å². The summed E-state index contributed by atoms with van der Waals surface area (Å²) in [6, 6.07) is 12.6. The van der Waals surface area contributed by atoms with E-state index in [0.29, 0.717) is 42.9 Å². The Labute approximate surface area is 226 Å². The van der Waals surface area contributed by atoms with E-state index in [0.717, 1.165) is 23.4 Å². The molecular formula is C29H24F5N5O. The fraction of sp³-hybridized carbons (Fsp3) is 0.241. The minimum atomic E-state index is -4.62. The molecule has 3 aromatic carbocycles. The van der Waals surface area contributed by atoms with Crippen molar-refractivity contribution < 1.29 is 26.7 Å². The highest BCUT2D eigenvalue weighted by Crippen LogP contribution is 2.39. The summed E-state index contributed by atoms with van der Waals surface area (Å²) in [6.07, 6.45) is -4.62. The van der Waals surface area contributed by atoms with Gasteiger partial charge < -0.3 is 20.3 Å². The third-order valence-electron chi connectivity index (χ3n) is 7.05. The number of fused-ring (bicyclic) bond motifs is 2. The van der Waals surface area contributed by atoms with Gasteiger partial charge in [-0.25, -0.2) is 18.7 Å². The minimum Gasteiger partial charge on any atom is -0.378 e. The molecule has 40 heavy (non-hydrogen) atoms. The molecule has 2 aliphatic rings. The molecule has 0 aliphatic carbocycles. The monoisotopic (exact) mass is 553 g/mol. The highest BCUT2D eigenvalue weighted by atomic mass is 19.4. The van der Waals surface area contributed by atoms with Gasteiger partial charge in [-0.15, -0.1) is 0 Å². The van der Waals surface area contributed by atoms with Gasteiger partial charge in [0.2, 0.25) is 0 Å². The number of alkyl halides is 3. The zero-order valence-corrected chi connectivity index (χ0v) is 21.4. The van der Waals surface area contributed by atoms with E-state index in [2.05, 4.69) is 25.5 Å². The second-order valence-electron chi connectivity index (χ2n) is 9.68. The molecule has 0 amide bonds. The van der Waals surface area contributed by atoms with Crippen LogP contribution in [0.1, 0.15) is 18.1 Å². The van der Waals surface area contributed by atoms with Gasteiger partial charge in [0.05, 0.1) is 30.0 Å². The average molecular weight is 554 g/mol. The van der Waals surface area contributed by atoms with E-state index in [1.165, 1.54) is 24.3 Å². The molecule has 11 heteroatoms. The first-order valence-electron chi connectivity index (χ1n) is 12.7. The summed E-state index contributed by atoms with van der Waals surface area (Å²) < 4.78 is 76.1. The number of nitrogens with zero attached hydrogens (tertiary/aromatic N) is 3. The van der Waals surface area contributed by atoms with Crippen LogP contribution < -0.4 is 15.5 Å². The second-order valence-corrected chi connectivity index (χ2v) is 9.68.